The first kappa shape index (κ1) is 13.9. The van der Waals surface area contributed by atoms with Gasteiger partial charge in [-0.15, -0.1) is 0 Å². The van der Waals surface area contributed by atoms with Gasteiger partial charge in [0.05, 0.1) is 4.92 Å². The van der Waals surface area contributed by atoms with Gasteiger partial charge in [0, 0.05) is 40.8 Å². The van der Waals surface area contributed by atoms with Gasteiger partial charge >= 0.3 is 4.87 Å². The molecule has 1 aromatic heterocycles. The number of rotatable bonds is 5. The van der Waals surface area contributed by atoms with E-state index >= 15 is 0 Å². The first-order chi connectivity index (χ1) is 9.04. The summed E-state index contributed by atoms with van der Waals surface area (Å²) in [5.41, 5.74) is 1.66. The second-order valence-electron chi connectivity index (χ2n) is 3.85. The Bertz CT molecular complexity index is 653. The summed E-state index contributed by atoms with van der Waals surface area (Å²) in [6.07, 6.45) is 0. The van der Waals surface area contributed by atoms with Gasteiger partial charge in [-0.3, -0.25) is 14.9 Å². The van der Waals surface area contributed by atoms with Crippen molar-refractivity contribution in [2.45, 2.75) is 13.1 Å². The van der Waals surface area contributed by atoms with E-state index in [2.05, 4.69) is 26.2 Å². The van der Waals surface area contributed by atoms with Gasteiger partial charge in [0.15, 0.2) is 0 Å². The highest BCUT2D eigenvalue weighted by molar-refractivity contribution is 9.10. The average molecular weight is 344 g/mol. The highest BCUT2D eigenvalue weighted by Gasteiger charge is 2.08. The Morgan fingerprint density at radius 2 is 2.16 bits per heavy atom. The Hall–Kier alpha value is -1.51. The fourth-order valence-electron chi connectivity index (χ4n) is 1.58. The molecule has 1 heterocycles. The van der Waals surface area contributed by atoms with Gasteiger partial charge in [0.25, 0.3) is 5.69 Å². The van der Waals surface area contributed by atoms with Crippen molar-refractivity contribution in [3.8, 4) is 0 Å². The molecule has 0 aliphatic rings. The monoisotopic (exact) mass is 343 g/mol. The number of aromatic nitrogens is 1. The molecule has 0 bridgehead atoms. The number of non-ortho nitro benzene ring substituents is 1. The quantitative estimate of drug-likeness (QED) is 0.644. The highest BCUT2D eigenvalue weighted by Crippen LogP contribution is 2.21. The van der Waals surface area contributed by atoms with Crippen LogP contribution in [0.3, 0.4) is 0 Å². The lowest BCUT2D eigenvalue weighted by molar-refractivity contribution is -0.385. The lowest BCUT2D eigenvalue weighted by atomic mass is 10.2. The van der Waals surface area contributed by atoms with Crippen LogP contribution < -0.4 is 10.2 Å². The van der Waals surface area contributed by atoms with Gasteiger partial charge < -0.3 is 10.3 Å². The minimum Gasteiger partial charge on any atom is -0.315 e. The minimum atomic E-state index is -0.426. The zero-order valence-corrected chi connectivity index (χ0v) is 12.1. The van der Waals surface area contributed by atoms with Crippen LogP contribution in [0.1, 0.15) is 11.3 Å². The Kier molecular flexibility index (Phi) is 4.46. The molecule has 2 aromatic rings. The molecule has 0 spiro atoms. The van der Waals surface area contributed by atoms with Crippen LogP contribution in [0.5, 0.6) is 0 Å². The van der Waals surface area contributed by atoms with Crippen molar-refractivity contribution in [1.29, 1.82) is 0 Å². The van der Waals surface area contributed by atoms with E-state index in [9.17, 15) is 14.9 Å². The van der Waals surface area contributed by atoms with Crippen molar-refractivity contribution < 1.29 is 4.92 Å². The first-order valence-corrected chi connectivity index (χ1v) is 7.03. The molecule has 0 fully saturated rings. The van der Waals surface area contributed by atoms with Crippen molar-refractivity contribution in [2.75, 3.05) is 0 Å². The van der Waals surface area contributed by atoms with Crippen molar-refractivity contribution in [3.63, 3.8) is 0 Å². The fourth-order valence-corrected chi connectivity index (χ4v) is 2.69. The highest BCUT2D eigenvalue weighted by atomic mass is 79.9. The first-order valence-electron chi connectivity index (χ1n) is 5.36. The molecule has 0 saturated carbocycles. The molecule has 0 saturated heterocycles. The third-order valence-corrected chi connectivity index (χ3v) is 3.54. The van der Waals surface area contributed by atoms with Crippen LogP contribution in [0.2, 0.25) is 0 Å². The SMILES string of the molecule is O=c1[nH]c(CNCc2cc(Br)cc([N+](=O)[O-])c2)cs1. The normalized spacial score (nSPS) is 10.6. The Balaban J connectivity index is 1.99. The van der Waals surface area contributed by atoms with Crippen molar-refractivity contribution in [3.05, 3.63) is 59.1 Å². The molecule has 100 valence electrons. The summed E-state index contributed by atoms with van der Waals surface area (Å²) in [5, 5.41) is 15.6. The Labute approximate surface area is 120 Å². The van der Waals surface area contributed by atoms with Gasteiger partial charge in [-0.25, -0.2) is 0 Å². The summed E-state index contributed by atoms with van der Waals surface area (Å²) in [4.78, 5) is 23.8. The number of nitro benzene ring substituents is 1. The molecule has 0 aliphatic carbocycles. The van der Waals surface area contributed by atoms with Gasteiger partial charge in [-0.05, 0) is 11.6 Å². The number of nitrogens with one attached hydrogen (secondary N) is 2. The van der Waals surface area contributed by atoms with Crippen LogP contribution in [-0.2, 0) is 13.1 Å². The maximum absolute atomic E-state index is 10.9. The topological polar surface area (TPSA) is 88.0 Å². The largest absolute Gasteiger partial charge is 0.315 e. The predicted molar refractivity (Wildman–Crippen MR) is 76.3 cm³/mol. The summed E-state index contributed by atoms with van der Waals surface area (Å²) in [6.45, 7) is 0.997. The average Bonchev–Trinajstić information content (AvgIpc) is 2.74. The summed E-state index contributed by atoms with van der Waals surface area (Å²) in [7, 11) is 0. The Morgan fingerprint density at radius 3 is 2.79 bits per heavy atom. The number of nitro groups is 1. The molecule has 0 aliphatic heterocycles. The van der Waals surface area contributed by atoms with E-state index in [1.165, 1.54) is 12.1 Å². The van der Waals surface area contributed by atoms with Crippen LogP contribution in [-0.4, -0.2) is 9.91 Å². The van der Waals surface area contributed by atoms with Crippen molar-refractivity contribution >= 4 is 33.0 Å². The summed E-state index contributed by atoms with van der Waals surface area (Å²) < 4.78 is 0.669. The third kappa shape index (κ3) is 3.98. The van der Waals surface area contributed by atoms with Crippen LogP contribution in [0.25, 0.3) is 0 Å². The zero-order chi connectivity index (χ0) is 13.8. The molecule has 2 rings (SSSR count). The molecule has 0 unspecified atom stereocenters. The molecule has 19 heavy (non-hydrogen) atoms. The summed E-state index contributed by atoms with van der Waals surface area (Å²) in [5.74, 6) is 0. The zero-order valence-electron chi connectivity index (χ0n) is 9.68. The number of benzene rings is 1. The summed E-state index contributed by atoms with van der Waals surface area (Å²) in [6, 6.07) is 4.80. The van der Waals surface area contributed by atoms with E-state index in [0.29, 0.717) is 17.6 Å². The number of halogens is 1. The van der Waals surface area contributed by atoms with E-state index in [0.717, 1.165) is 22.6 Å². The van der Waals surface area contributed by atoms with Gasteiger partial charge in [0.2, 0.25) is 0 Å². The molecule has 0 radical (unpaired) electrons. The molecular formula is C11H10BrN3O3S. The van der Waals surface area contributed by atoms with Crippen molar-refractivity contribution in [2.24, 2.45) is 0 Å². The second-order valence-corrected chi connectivity index (χ2v) is 5.61. The van der Waals surface area contributed by atoms with E-state index < -0.39 is 4.92 Å². The van der Waals surface area contributed by atoms with Crippen LogP contribution in [0.15, 0.2) is 32.8 Å². The molecular weight excluding hydrogens is 334 g/mol. The number of hydrogen-bond donors (Lipinski definition) is 2. The van der Waals surface area contributed by atoms with Gasteiger partial charge in [-0.2, -0.15) is 0 Å². The number of nitrogens with zero attached hydrogens (tertiary/aromatic N) is 1. The molecule has 2 N–H and O–H groups in total. The standard InChI is InChI=1S/C11H10BrN3O3S/c12-8-1-7(2-10(3-8)15(17)18)4-13-5-9-6-19-11(16)14-9/h1-3,6,13H,4-5H2,(H,14,16). The number of hydrogen-bond acceptors (Lipinski definition) is 5. The summed E-state index contributed by atoms with van der Waals surface area (Å²) >= 11 is 4.35. The maximum Gasteiger partial charge on any atom is 0.304 e. The number of aromatic amines is 1. The second kappa shape index (κ2) is 6.09. The predicted octanol–water partition coefficient (Wildman–Crippen LogP) is 2.40. The van der Waals surface area contributed by atoms with E-state index in [1.54, 1.807) is 5.38 Å². The fraction of sp³-hybridized carbons (Fsp3) is 0.182. The minimum absolute atomic E-state index is 0.0510. The maximum atomic E-state index is 10.9. The van der Waals surface area contributed by atoms with Crippen LogP contribution in [0, 0.1) is 10.1 Å². The third-order valence-electron chi connectivity index (χ3n) is 2.37. The molecule has 0 atom stereocenters. The van der Waals surface area contributed by atoms with Crippen LogP contribution >= 0.6 is 27.3 Å². The van der Waals surface area contributed by atoms with E-state index in [-0.39, 0.29) is 10.6 Å². The number of thiazole rings is 1. The van der Waals surface area contributed by atoms with E-state index in [4.69, 9.17) is 0 Å². The molecule has 8 heteroatoms. The van der Waals surface area contributed by atoms with Gasteiger partial charge in [0.1, 0.15) is 0 Å². The lowest BCUT2D eigenvalue weighted by Crippen LogP contribution is -2.14. The lowest BCUT2D eigenvalue weighted by Gasteiger charge is -2.04. The Morgan fingerprint density at radius 1 is 1.37 bits per heavy atom. The van der Waals surface area contributed by atoms with Crippen molar-refractivity contribution in [1.82, 2.24) is 10.3 Å². The smallest absolute Gasteiger partial charge is 0.304 e. The van der Waals surface area contributed by atoms with E-state index in [1.807, 2.05) is 6.07 Å². The van der Waals surface area contributed by atoms with Crippen LogP contribution in [0.4, 0.5) is 5.69 Å². The number of H-pyrrole nitrogens is 1. The molecule has 1 aromatic carbocycles. The molecule has 6 nitrogen and oxygen atoms in total. The molecule has 0 amide bonds. The van der Waals surface area contributed by atoms with Gasteiger partial charge in [-0.1, -0.05) is 27.3 Å².